The Labute approximate surface area is 144 Å². The molecule has 0 aliphatic carbocycles. The molecule has 0 saturated carbocycles. The second-order valence-corrected chi connectivity index (χ2v) is 5.95. The number of hydrogen-bond acceptors (Lipinski definition) is 6. The summed E-state index contributed by atoms with van der Waals surface area (Å²) in [7, 11) is 0. The van der Waals surface area contributed by atoms with Crippen LogP contribution in [0.1, 0.15) is 12.0 Å². The zero-order valence-corrected chi connectivity index (χ0v) is 13.5. The van der Waals surface area contributed by atoms with Crippen molar-refractivity contribution in [2.75, 3.05) is 13.2 Å². The molecule has 2 aromatic carbocycles. The summed E-state index contributed by atoms with van der Waals surface area (Å²) in [5, 5.41) is 29.5. The number of phenols is 2. The fourth-order valence-corrected chi connectivity index (χ4v) is 2.91. The second-order valence-electron chi connectivity index (χ2n) is 5.95. The maximum atomic E-state index is 10.1. The van der Waals surface area contributed by atoms with Gasteiger partial charge in [0, 0.05) is 24.7 Å². The highest BCUT2D eigenvalue weighted by atomic mass is 16.7. The summed E-state index contributed by atoms with van der Waals surface area (Å²) < 4.78 is 1.55. The molecule has 2 heterocycles. The molecule has 0 amide bonds. The van der Waals surface area contributed by atoms with Gasteiger partial charge < -0.3 is 10.2 Å². The maximum absolute atomic E-state index is 10.1. The summed E-state index contributed by atoms with van der Waals surface area (Å²) in [4.78, 5) is 5.52. The predicted octanol–water partition coefficient (Wildman–Crippen LogP) is 2.48. The number of rotatable bonds is 4. The third-order valence-electron chi connectivity index (χ3n) is 4.17. The van der Waals surface area contributed by atoms with Crippen LogP contribution in [0.5, 0.6) is 11.5 Å². The van der Waals surface area contributed by atoms with Crippen LogP contribution in [0.2, 0.25) is 0 Å². The van der Waals surface area contributed by atoms with Gasteiger partial charge in [0.05, 0.1) is 18.5 Å². The predicted molar refractivity (Wildman–Crippen MR) is 91.1 cm³/mol. The van der Waals surface area contributed by atoms with Gasteiger partial charge in [0.2, 0.25) is 0 Å². The smallest absolute Gasteiger partial charge is 0.145 e. The van der Waals surface area contributed by atoms with Gasteiger partial charge in [-0.05, 0) is 24.1 Å². The average Bonchev–Trinajstić information content (AvgIpc) is 3.27. The average molecular weight is 338 g/mol. The largest absolute Gasteiger partial charge is 0.508 e. The summed E-state index contributed by atoms with van der Waals surface area (Å²) >= 11 is 0. The van der Waals surface area contributed by atoms with Crippen molar-refractivity contribution >= 4 is 0 Å². The van der Waals surface area contributed by atoms with Crippen LogP contribution >= 0.6 is 0 Å². The molecule has 1 fully saturated rings. The Morgan fingerprint density at radius 3 is 2.64 bits per heavy atom. The molecule has 1 aliphatic rings. The van der Waals surface area contributed by atoms with E-state index in [2.05, 4.69) is 10.3 Å². The van der Waals surface area contributed by atoms with Crippen LogP contribution in [0.15, 0.2) is 48.7 Å². The van der Waals surface area contributed by atoms with Crippen LogP contribution < -0.4 is 0 Å². The van der Waals surface area contributed by atoms with E-state index in [1.807, 2.05) is 29.3 Å². The van der Waals surface area contributed by atoms with Gasteiger partial charge in [0.25, 0.3) is 0 Å². The first-order valence-electron chi connectivity index (χ1n) is 8.11. The molecule has 128 valence electrons. The Bertz CT molecular complexity index is 870. The van der Waals surface area contributed by atoms with Crippen LogP contribution in [0.4, 0.5) is 0 Å². The van der Waals surface area contributed by atoms with Gasteiger partial charge in [-0.15, -0.1) is 5.10 Å². The van der Waals surface area contributed by atoms with E-state index >= 15 is 0 Å². The van der Waals surface area contributed by atoms with Crippen molar-refractivity contribution in [3.63, 3.8) is 0 Å². The zero-order chi connectivity index (χ0) is 17.2. The lowest BCUT2D eigenvalue weighted by Crippen LogP contribution is -2.16. The number of hydroxylamine groups is 2. The number of aromatic nitrogens is 3. The second kappa shape index (κ2) is 6.54. The van der Waals surface area contributed by atoms with Gasteiger partial charge in [0.15, 0.2) is 0 Å². The fraction of sp³-hybridized carbons (Fsp3) is 0.222. The third kappa shape index (κ3) is 3.19. The van der Waals surface area contributed by atoms with Gasteiger partial charge in [-0.2, -0.15) is 5.06 Å². The zero-order valence-electron chi connectivity index (χ0n) is 13.5. The lowest BCUT2D eigenvalue weighted by atomic mass is 10.1. The van der Waals surface area contributed by atoms with E-state index in [0.29, 0.717) is 5.69 Å². The highest BCUT2D eigenvalue weighted by Gasteiger charge is 2.15. The van der Waals surface area contributed by atoms with Crippen molar-refractivity contribution in [2.24, 2.45) is 0 Å². The van der Waals surface area contributed by atoms with Gasteiger partial charge in [-0.25, -0.2) is 4.68 Å². The van der Waals surface area contributed by atoms with Crippen molar-refractivity contribution < 1.29 is 15.1 Å². The molecule has 7 nitrogen and oxygen atoms in total. The molecule has 1 aliphatic heterocycles. The lowest BCUT2D eigenvalue weighted by molar-refractivity contribution is -0.117. The molecule has 2 N–H and O–H groups in total. The number of aromatic hydroxyl groups is 2. The minimum absolute atomic E-state index is 0.00333. The molecule has 1 aromatic heterocycles. The van der Waals surface area contributed by atoms with E-state index in [-0.39, 0.29) is 11.5 Å². The van der Waals surface area contributed by atoms with E-state index in [1.54, 1.807) is 16.9 Å². The molecular weight excluding hydrogens is 320 g/mol. The van der Waals surface area contributed by atoms with Crippen molar-refractivity contribution in [3.8, 4) is 28.4 Å². The van der Waals surface area contributed by atoms with Gasteiger partial charge in [-0.1, -0.05) is 29.5 Å². The molecule has 1 saturated heterocycles. The molecule has 4 rings (SSSR count). The van der Waals surface area contributed by atoms with Crippen LogP contribution in [0.3, 0.4) is 0 Å². The fourth-order valence-electron chi connectivity index (χ4n) is 2.91. The highest BCUT2D eigenvalue weighted by molar-refractivity contribution is 5.63. The van der Waals surface area contributed by atoms with Gasteiger partial charge >= 0.3 is 0 Å². The summed E-state index contributed by atoms with van der Waals surface area (Å²) in [6, 6.07) is 12.5. The SMILES string of the molecule is Oc1ccc(-n2nncc2-c2ccc(CN3CCCO3)cc2)c(O)c1. The molecule has 0 unspecified atom stereocenters. The standard InChI is InChI=1S/C18H18N4O3/c23-15-6-7-16(18(24)10-15)22-17(11-19-20-22)14-4-2-13(3-5-14)12-21-8-1-9-25-21/h2-7,10-11,23-24H,1,8-9,12H2. The first-order chi connectivity index (χ1) is 12.2. The van der Waals surface area contributed by atoms with Crippen LogP contribution in [0.25, 0.3) is 16.9 Å². The van der Waals surface area contributed by atoms with E-state index < -0.39 is 0 Å². The van der Waals surface area contributed by atoms with Crippen molar-refractivity contribution in [3.05, 3.63) is 54.2 Å². The monoisotopic (exact) mass is 338 g/mol. The lowest BCUT2D eigenvalue weighted by Gasteiger charge is -2.14. The summed E-state index contributed by atoms with van der Waals surface area (Å²) in [6.45, 7) is 2.51. The van der Waals surface area contributed by atoms with E-state index in [9.17, 15) is 10.2 Å². The van der Waals surface area contributed by atoms with Gasteiger partial charge in [-0.3, -0.25) is 4.84 Å². The van der Waals surface area contributed by atoms with Crippen LogP contribution in [-0.4, -0.2) is 43.4 Å². The van der Waals surface area contributed by atoms with E-state index in [4.69, 9.17) is 4.84 Å². The Hall–Kier alpha value is -2.90. The molecule has 0 bridgehead atoms. The molecule has 0 radical (unpaired) electrons. The van der Waals surface area contributed by atoms with Crippen molar-refractivity contribution in [1.82, 2.24) is 20.1 Å². The number of hydrogen-bond donors (Lipinski definition) is 2. The molecule has 0 atom stereocenters. The third-order valence-corrected chi connectivity index (χ3v) is 4.17. The summed E-state index contributed by atoms with van der Waals surface area (Å²) in [5.74, 6) is -0.0639. The molecule has 3 aromatic rings. The molecule has 0 spiro atoms. The quantitative estimate of drug-likeness (QED) is 0.760. The van der Waals surface area contributed by atoms with E-state index in [0.717, 1.165) is 42.9 Å². The Morgan fingerprint density at radius 2 is 1.92 bits per heavy atom. The van der Waals surface area contributed by atoms with Crippen LogP contribution in [-0.2, 0) is 11.4 Å². The molecular formula is C18H18N4O3. The molecule has 25 heavy (non-hydrogen) atoms. The normalized spacial score (nSPS) is 14.9. The maximum Gasteiger partial charge on any atom is 0.145 e. The first-order valence-corrected chi connectivity index (χ1v) is 8.11. The van der Waals surface area contributed by atoms with Crippen LogP contribution in [0, 0.1) is 0 Å². The Kier molecular flexibility index (Phi) is 4.09. The minimum Gasteiger partial charge on any atom is -0.508 e. The summed E-state index contributed by atoms with van der Waals surface area (Å²) in [6.07, 6.45) is 2.71. The van der Waals surface area contributed by atoms with Crippen molar-refractivity contribution in [2.45, 2.75) is 13.0 Å². The first kappa shape index (κ1) is 15.6. The van der Waals surface area contributed by atoms with Gasteiger partial charge in [0.1, 0.15) is 17.2 Å². The number of benzene rings is 2. The number of nitrogens with zero attached hydrogens (tertiary/aromatic N) is 4. The summed E-state index contributed by atoms with van der Waals surface area (Å²) in [5.41, 5.74) is 3.31. The number of phenolic OH excluding ortho intramolecular Hbond substituents is 2. The van der Waals surface area contributed by atoms with E-state index in [1.165, 1.54) is 12.1 Å². The van der Waals surface area contributed by atoms with Crippen molar-refractivity contribution in [1.29, 1.82) is 0 Å². The minimum atomic E-state index is -0.0606. The Morgan fingerprint density at radius 1 is 1.08 bits per heavy atom. The highest BCUT2D eigenvalue weighted by Crippen LogP contribution is 2.29. The Balaban J connectivity index is 1.61. The topological polar surface area (TPSA) is 83.6 Å². The molecule has 7 heteroatoms.